The monoisotopic (exact) mass is 690 g/mol. The van der Waals surface area contributed by atoms with Crippen LogP contribution >= 0.6 is 0 Å². The molecular weight excluding hydrogens is 657 g/mol. The summed E-state index contributed by atoms with van der Waals surface area (Å²) in [5.41, 5.74) is 6.11. The van der Waals surface area contributed by atoms with Gasteiger partial charge in [-0.3, -0.25) is 9.59 Å². The lowest BCUT2D eigenvalue weighted by Gasteiger charge is -2.10. The van der Waals surface area contributed by atoms with Gasteiger partial charge >= 0.3 is 0 Å². The van der Waals surface area contributed by atoms with Crippen LogP contribution in [0.4, 0.5) is 0 Å². The molecule has 0 heterocycles. The Bertz CT molecular complexity index is 2110. The third kappa shape index (κ3) is 9.39. The third-order valence-corrected chi connectivity index (χ3v) is 9.34. The zero-order chi connectivity index (χ0) is 34.9. The zero-order valence-corrected chi connectivity index (χ0v) is 27.5. The van der Waals surface area contributed by atoms with E-state index in [2.05, 4.69) is 34.4 Å². The molecule has 0 amide bonds. The summed E-state index contributed by atoms with van der Waals surface area (Å²) < 4.78 is 49.0. The Hall–Kier alpha value is -5.28. The minimum absolute atomic E-state index is 0.0976. The van der Waals surface area contributed by atoms with Crippen LogP contribution < -0.4 is 20.5 Å². The van der Waals surface area contributed by atoms with Gasteiger partial charge in [0.05, 0.1) is 9.79 Å². The standard InChI is InChI=1S/C17H14N2O4S.C17H20N2O4S/c20-16-7-3-6-14(17(16)21)11-18-19-24(22,23)15-9-8-12-4-1-2-5-13(12)10-15;1-12(2)10-13-6-8-15(9-7-13)24(22,23)19-18-11-14-4-3-5-16(20)17(14)21/h1-11,18-20H;3-9,11-12,18-20H,10H2,1-2H3/b2*14-11+. The summed E-state index contributed by atoms with van der Waals surface area (Å²) in [7, 11) is -7.56. The van der Waals surface area contributed by atoms with Crippen molar-refractivity contribution in [1.29, 1.82) is 0 Å². The van der Waals surface area contributed by atoms with Crippen LogP contribution in [0, 0.1) is 5.92 Å². The highest BCUT2D eigenvalue weighted by Crippen LogP contribution is 2.19. The fourth-order valence-electron chi connectivity index (χ4n) is 4.41. The Morgan fingerprint density at radius 3 is 1.67 bits per heavy atom. The van der Waals surface area contributed by atoms with Crippen LogP contribution in [0.25, 0.3) is 10.8 Å². The fraction of sp³-hybridized carbons (Fsp3) is 0.118. The maximum absolute atomic E-state index is 12.3. The quantitative estimate of drug-likeness (QED) is 0.133. The molecule has 14 heteroatoms. The Kier molecular flexibility index (Phi) is 11.5. The number of fused-ring (bicyclic) bond motifs is 1. The second-order valence-corrected chi connectivity index (χ2v) is 14.3. The molecule has 6 N–H and O–H groups in total. The zero-order valence-electron chi connectivity index (χ0n) is 25.9. The molecule has 2 aliphatic rings. The second kappa shape index (κ2) is 15.5. The molecule has 0 aliphatic heterocycles. The average Bonchev–Trinajstić information content (AvgIpc) is 3.05. The number of nitrogens with one attached hydrogen (secondary N) is 4. The van der Waals surface area contributed by atoms with E-state index in [1.807, 2.05) is 24.3 Å². The van der Waals surface area contributed by atoms with Crippen molar-refractivity contribution in [1.82, 2.24) is 20.5 Å². The molecule has 3 aromatic rings. The highest BCUT2D eigenvalue weighted by Gasteiger charge is 2.18. The number of Topliss-reactive ketones (excluding diaryl/α,β-unsaturated/α-hetero) is 2. The molecular formula is C34H34N4O8S2. The van der Waals surface area contributed by atoms with Crippen molar-refractivity contribution >= 4 is 42.4 Å². The first-order valence-corrected chi connectivity index (χ1v) is 17.5. The molecule has 2 aliphatic carbocycles. The number of carbonyl (C=O) groups is 2. The van der Waals surface area contributed by atoms with Crippen molar-refractivity contribution in [3.8, 4) is 0 Å². The summed E-state index contributed by atoms with van der Waals surface area (Å²) in [5, 5.41) is 20.4. The van der Waals surface area contributed by atoms with Gasteiger partial charge in [-0.1, -0.05) is 68.5 Å². The van der Waals surface area contributed by atoms with Gasteiger partial charge in [0.2, 0.25) is 11.6 Å². The summed E-state index contributed by atoms with van der Waals surface area (Å²) in [6, 6.07) is 18.8. The Morgan fingerprint density at radius 1 is 0.667 bits per heavy atom. The van der Waals surface area contributed by atoms with Gasteiger partial charge in [-0.15, -0.1) is 9.66 Å². The van der Waals surface area contributed by atoms with E-state index in [9.17, 15) is 36.6 Å². The first-order chi connectivity index (χ1) is 22.8. The van der Waals surface area contributed by atoms with Gasteiger partial charge in [-0.2, -0.15) is 0 Å². The number of carbonyl (C=O) groups excluding carboxylic acids is 2. The minimum Gasteiger partial charge on any atom is -0.504 e. The Morgan fingerprint density at radius 2 is 1.15 bits per heavy atom. The number of hydrogen-bond donors (Lipinski definition) is 6. The van der Waals surface area contributed by atoms with Crippen molar-refractivity contribution in [2.75, 3.05) is 0 Å². The van der Waals surface area contributed by atoms with E-state index in [4.69, 9.17) is 0 Å². The number of allylic oxidation sites excluding steroid dienone is 8. The first-order valence-electron chi connectivity index (χ1n) is 14.5. The second-order valence-electron chi connectivity index (χ2n) is 10.9. The lowest BCUT2D eigenvalue weighted by molar-refractivity contribution is -0.115. The highest BCUT2D eigenvalue weighted by atomic mass is 32.2. The van der Waals surface area contributed by atoms with Crippen molar-refractivity contribution in [3.05, 3.63) is 144 Å². The predicted octanol–water partition coefficient (Wildman–Crippen LogP) is 4.22. The van der Waals surface area contributed by atoms with E-state index >= 15 is 0 Å². The number of rotatable bonds is 10. The summed E-state index contributed by atoms with van der Waals surface area (Å²) in [6.07, 6.45) is 11.7. The summed E-state index contributed by atoms with van der Waals surface area (Å²) in [5.74, 6) is -1.47. The van der Waals surface area contributed by atoms with Crippen molar-refractivity contribution in [3.63, 3.8) is 0 Å². The SMILES string of the molecule is CC(C)Cc1ccc(S(=O)(=O)NN/C=C2\C=CC=C(O)C2=O)cc1.O=C1C(O)=CC=C/C1=C\NNS(=O)(=O)c1ccc2ccccc2c1. The largest absolute Gasteiger partial charge is 0.504 e. The molecule has 5 rings (SSSR count). The molecule has 0 aromatic heterocycles. The normalized spacial score (nSPS) is 16.5. The molecule has 48 heavy (non-hydrogen) atoms. The van der Waals surface area contributed by atoms with E-state index < -0.39 is 43.1 Å². The van der Waals surface area contributed by atoms with Crippen molar-refractivity contribution in [2.24, 2.45) is 5.92 Å². The molecule has 0 saturated heterocycles. The molecule has 12 nitrogen and oxygen atoms in total. The highest BCUT2D eigenvalue weighted by molar-refractivity contribution is 7.89. The van der Waals surface area contributed by atoms with Crippen LogP contribution in [0.5, 0.6) is 0 Å². The summed E-state index contributed by atoms with van der Waals surface area (Å²) in [6.45, 7) is 4.19. The smallest absolute Gasteiger partial charge is 0.257 e. The van der Waals surface area contributed by atoms with Crippen LogP contribution in [0.2, 0.25) is 0 Å². The van der Waals surface area contributed by atoms with E-state index in [1.54, 1.807) is 24.3 Å². The number of aliphatic hydroxyl groups excluding tert-OH is 2. The summed E-state index contributed by atoms with van der Waals surface area (Å²) in [4.78, 5) is 27.8. The number of benzene rings is 3. The van der Waals surface area contributed by atoms with Gasteiger partial charge in [0, 0.05) is 23.5 Å². The van der Waals surface area contributed by atoms with Crippen LogP contribution in [-0.2, 0) is 36.1 Å². The molecule has 0 fully saturated rings. The lowest BCUT2D eigenvalue weighted by Crippen LogP contribution is -2.34. The number of ketones is 2. The van der Waals surface area contributed by atoms with Gasteiger partial charge in [0.1, 0.15) is 0 Å². The first kappa shape index (κ1) is 35.6. The minimum atomic E-state index is -3.80. The predicted molar refractivity (Wildman–Crippen MR) is 182 cm³/mol. The molecule has 0 atom stereocenters. The van der Waals surface area contributed by atoms with Crippen molar-refractivity contribution < 1.29 is 36.6 Å². The maximum atomic E-state index is 12.3. The lowest BCUT2D eigenvalue weighted by atomic mass is 10.0. The van der Waals surface area contributed by atoms with Gasteiger partial charge in [-0.25, -0.2) is 16.8 Å². The van der Waals surface area contributed by atoms with Gasteiger partial charge in [0.15, 0.2) is 11.5 Å². The third-order valence-electron chi connectivity index (χ3n) is 6.80. The van der Waals surface area contributed by atoms with Gasteiger partial charge in [-0.05, 0) is 77.2 Å². The molecule has 3 aromatic carbocycles. The number of aliphatic hydroxyl groups is 2. The molecule has 0 radical (unpaired) electrons. The van der Waals surface area contributed by atoms with Crippen molar-refractivity contribution in [2.45, 2.75) is 30.1 Å². The van der Waals surface area contributed by atoms with Crippen LogP contribution in [-0.4, -0.2) is 38.6 Å². The van der Waals surface area contributed by atoms with E-state index in [0.717, 1.165) is 22.8 Å². The van der Waals surface area contributed by atoms with Crippen LogP contribution in [0.3, 0.4) is 0 Å². The summed E-state index contributed by atoms with van der Waals surface area (Å²) >= 11 is 0. The molecule has 0 spiro atoms. The average molecular weight is 691 g/mol. The van der Waals surface area contributed by atoms with Gasteiger partial charge in [0.25, 0.3) is 20.0 Å². The maximum Gasteiger partial charge on any atom is 0.257 e. The molecule has 0 bridgehead atoms. The number of sulfonamides is 2. The molecule has 250 valence electrons. The molecule has 0 unspecified atom stereocenters. The van der Waals surface area contributed by atoms with E-state index in [1.165, 1.54) is 67.1 Å². The Labute approximate surface area is 278 Å². The fourth-order valence-corrected chi connectivity index (χ4v) is 6.10. The van der Waals surface area contributed by atoms with Crippen LogP contribution in [0.1, 0.15) is 19.4 Å². The molecule has 0 saturated carbocycles. The van der Waals surface area contributed by atoms with Crippen LogP contribution in [0.15, 0.2) is 148 Å². The van der Waals surface area contributed by atoms with E-state index in [0.29, 0.717) is 5.92 Å². The number of hydrogen-bond acceptors (Lipinski definition) is 10. The van der Waals surface area contributed by atoms with Gasteiger partial charge < -0.3 is 21.1 Å². The number of hydrazine groups is 2. The van der Waals surface area contributed by atoms with E-state index in [-0.39, 0.29) is 20.9 Å². The Balaban J connectivity index is 0.000000217. The topological polar surface area (TPSA) is 191 Å².